The molecule has 0 atom stereocenters. The van der Waals surface area contributed by atoms with Gasteiger partial charge in [0.2, 0.25) is 5.88 Å². The van der Waals surface area contributed by atoms with E-state index in [0.29, 0.717) is 45.5 Å². The summed E-state index contributed by atoms with van der Waals surface area (Å²) in [6.07, 6.45) is 4.45. The number of carbonyl (C=O) groups is 1. The number of rotatable bonds is 6. The summed E-state index contributed by atoms with van der Waals surface area (Å²) in [5.41, 5.74) is 1.61. The lowest BCUT2D eigenvalue weighted by Gasteiger charge is -2.04. The molecule has 166 valence electrons. The maximum absolute atomic E-state index is 12.1. The van der Waals surface area contributed by atoms with E-state index in [1.165, 1.54) is 25.9 Å². The van der Waals surface area contributed by atoms with Crippen LogP contribution in [0.25, 0.3) is 34.2 Å². The van der Waals surface area contributed by atoms with Crippen molar-refractivity contribution in [2.24, 2.45) is 4.99 Å². The highest BCUT2D eigenvalue weighted by molar-refractivity contribution is 5.96. The van der Waals surface area contributed by atoms with Gasteiger partial charge >= 0.3 is 5.97 Å². The van der Waals surface area contributed by atoms with Gasteiger partial charge in [0.05, 0.1) is 37.0 Å². The number of methoxy groups -OCH3 is 1. The van der Waals surface area contributed by atoms with E-state index in [1.54, 1.807) is 60.7 Å². The minimum absolute atomic E-state index is 0.0770. The van der Waals surface area contributed by atoms with Gasteiger partial charge in [0.25, 0.3) is 0 Å². The molecule has 0 saturated heterocycles. The molecule has 1 aromatic carbocycles. The monoisotopic (exact) mass is 452 g/mol. The van der Waals surface area contributed by atoms with Gasteiger partial charge in [0, 0.05) is 5.56 Å². The fourth-order valence-corrected chi connectivity index (χ4v) is 3.53. The summed E-state index contributed by atoms with van der Waals surface area (Å²) in [5.74, 6) is 1.69. The number of nitriles is 1. The molecule has 5 rings (SSSR count). The Bertz CT molecular complexity index is 1510. The molecule has 4 heterocycles. The molecule has 0 aliphatic rings. The van der Waals surface area contributed by atoms with E-state index >= 15 is 0 Å². The second-order valence-corrected chi connectivity index (χ2v) is 7.05. The van der Waals surface area contributed by atoms with Gasteiger partial charge in [0.15, 0.2) is 11.5 Å². The quantitative estimate of drug-likeness (QED) is 0.214. The second kappa shape index (κ2) is 8.84. The van der Waals surface area contributed by atoms with Crippen LogP contribution in [0.2, 0.25) is 0 Å². The number of hydrogen-bond donors (Lipinski definition) is 0. The standard InChI is InChI=1S/C26H16N2O6/c1-30-26(29)18-7-3-2-6-17(18)20-11-10-16(33-20)15-28-25-19(14-27)23(21-8-4-12-31-21)24(34-25)22-9-5-13-32-22/h2-13,15H,1H3. The summed E-state index contributed by atoms with van der Waals surface area (Å²) in [6.45, 7) is 0. The minimum atomic E-state index is -0.465. The smallest absolute Gasteiger partial charge is 0.338 e. The molecular formula is C26H16N2O6. The maximum atomic E-state index is 12.1. The summed E-state index contributed by atoms with van der Waals surface area (Å²) in [6, 6.07) is 19.4. The van der Waals surface area contributed by atoms with Crippen LogP contribution < -0.4 is 0 Å². The summed E-state index contributed by atoms with van der Waals surface area (Å²) in [5, 5.41) is 9.84. The van der Waals surface area contributed by atoms with Crippen molar-refractivity contribution >= 4 is 18.1 Å². The van der Waals surface area contributed by atoms with Gasteiger partial charge in [-0.25, -0.2) is 9.79 Å². The summed E-state index contributed by atoms with van der Waals surface area (Å²) in [4.78, 5) is 16.4. The molecule has 0 N–H and O–H groups in total. The lowest BCUT2D eigenvalue weighted by Crippen LogP contribution is -2.02. The number of furan rings is 4. The van der Waals surface area contributed by atoms with Crippen LogP contribution in [0.15, 0.2) is 95.9 Å². The van der Waals surface area contributed by atoms with Gasteiger partial charge in [-0.3, -0.25) is 0 Å². The third-order valence-corrected chi connectivity index (χ3v) is 5.05. The fraction of sp³-hybridized carbons (Fsp3) is 0.0385. The first-order valence-corrected chi connectivity index (χ1v) is 10.2. The molecule has 0 radical (unpaired) electrons. The number of ether oxygens (including phenoxy) is 1. The lowest BCUT2D eigenvalue weighted by atomic mass is 10.1. The Morgan fingerprint density at radius 1 is 0.941 bits per heavy atom. The Kier molecular flexibility index (Phi) is 5.42. The van der Waals surface area contributed by atoms with Crippen LogP contribution in [0.4, 0.5) is 5.88 Å². The normalized spacial score (nSPS) is 11.1. The first-order chi connectivity index (χ1) is 16.7. The maximum Gasteiger partial charge on any atom is 0.338 e. The zero-order valence-corrected chi connectivity index (χ0v) is 17.8. The molecule has 0 saturated carbocycles. The predicted molar refractivity (Wildman–Crippen MR) is 122 cm³/mol. The highest BCUT2D eigenvalue weighted by Crippen LogP contribution is 2.42. The van der Waals surface area contributed by atoms with Gasteiger partial charge in [-0.2, -0.15) is 5.26 Å². The van der Waals surface area contributed by atoms with E-state index in [1.807, 2.05) is 0 Å². The zero-order chi connectivity index (χ0) is 23.5. The second-order valence-electron chi connectivity index (χ2n) is 7.05. The van der Waals surface area contributed by atoms with Crippen molar-refractivity contribution in [2.75, 3.05) is 7.11 Å². The molecular weight excluding hydrogens is 436 g/mol. The van der Waals surface area contributed by atoms with Crippen molar-refractivity contribution in [2.45, 2.75) is 0 Å². The molecule has 8 nitrogen and oxygen atoms in total. The fourth-order valence-electron chi connectivity index (χ4n) is 3.53. The topological polar surface area (TPSA) is 115 Å². The largest absolute Gasteiger partial charge is 0.465 e. The first-order valence-electron chi connectivity index (χ1n) is 10.2. The Hall–Kier alpha value is -5.03. The zero-order valence-electron chi connectivity index (χ0n) is 17.8. The van der Waals surface area contributed by atoms with Crippen molar-refractivity contribution in [3.05, 3.63) is 90.1 Å². The van der Waals surface area contributed by atoms with Crippen LogP contribution in [0, 0.1) is 11.3 Å². The molecule has 4 aromatic heterocycles. The van der Waals surface area contributed by atoms with Crippen LogP contribution in [0.5, 0.6) is 0 Å². The third-order valence-electron chi connectivity index (χ3n) is 5.05. The van der Waals surface area contributed by atoms with Crippen LogP contribution >= 0.6 is 0 Å². The predicted octanol–water partition coefficient (Wildman–Crippen LogP) is 6.47. The molecule has 5 aromatic rings. The van der Waals surface area contributed by atoms with Crippen LogP contribution in [0.3, 0.4) is 0 Å². The number of carbonyl (C=O) groups excluding carboxylic acids is 1. The van der Waals surface area contributed by atoms with E-state index in [4.69, 9.17) is 22.4 Å². The van der Waals surface area contributed by atoms with Gasteiger partial charge in [0.1, 0.15) is 28.9 Å². The minimum Gasteiger partial charge on any atom is -0.465 e. The molecule has 0 spiro atoms. The van der Waals surface area contributed by atoms with Crippen molar-refractivity contribution in [3.63, 3.8) is 0 Å². The average Bonchev–Trinajstić information content (AvgIpc) is 3.68. The molecule has 8 heteroatoms. The molecule has 0 fully saturated rings. The van der Waals surface area contributed by atoms with E-state index in [2.05, 4.69) is 11.1 Å². The van der Waals surface area contributed by atoms with Crippen molar-refractivity contribution < 1.29 is 27.2 Å². The van der Waals surface area contributed by atoms with Crippen LogP contribution in [-0.2, 0) is 4.74 Å². The molecule has 0 unspecified atom stereocenters. The lowest BCUT2D eigenvalue weighted by molar-refractivity contribution is 0.0601. The first kappa shape index (κ1) is 20.8. The van der Waals surface area contributed by atoms with Gasteiger partial charge < -0.3 is 22.4 Å². The van der Waals surface area contributed by atoms with Crippen LogP contribution in [-0.4, -0.2) is 19.3 Å². The number of benzene rings is 1. The Morgan fingerprint density at radius 3 is 2.41 bits per heavy atom. The number of esters is 1. The highest BCUT2D eigenvalue weighted by atomic mass is 16.5. The Balaban J connectivity index is 1.52. The van der Waals surface area contributed by atoms with Crippen molar-refractivity contribution in [1.29, 1.82) is 5.26 Å². The number of hydrogen-bond acceptors (Lipinski definition) is 8. The van der Waals surface area contributed by atoms with Crippen LogP contribution in [0.1, 0.15) is 21.7 Å². The van der Waals surface area contributed by atoms with E-state index in [9.17, 15) is 10.1 Å². The molecule has 0 amide bonds. The van der Waals surface area contributed by atoms with E-state index < -0.39 is 5.97 Å². The van der Waals surface area contributed by atoms with Gasteiger partial charge in [-0.15, -0.1) is 0 Å². The van der Waals surface area contributed by atoms with E-state index in [0.717, 1.165) is 0 Å². The number of nitrogens with zero attached hydrogens (tertiary/aromatic N) is 2. The molecule has 0 aliphatic heterocycles. The van der Waals surface area contributed by atoms with Gasteiger partial charge in [-0.1, -0.05) is 18.2 Å². The van der Waals surface area contributed by atoms with Crippen molar-refractivity contribution in [1.82, 2.24) is 0 Å². The Morgan fingerprint density at radius 2 is 1.71 bits per heavy atom. The van der Waals surface area contributed by atoms with Crippen molar-refractivity contribution in [3.8, 4) is 40.2 Å². The summed E-state index contributed by atoms with van der Waals surface area (Å²) < 4.78 is 27.6. The molecule has 34 heavy (non-hydrogen) atoms. The van der Waals surface area contributed by atoms with E-state index in [-0.39, 0.29) is 11.4 Å². The summed E-state index contributed by atoms with van der Waals surface area (Å²) >= 11 is 0. The Labute approximate surface area is 193 Å². The highest BCUT2D eigenvalue weighted by Gasteiger charge is 2.26. The SMILES string of the molecule is COC(=O)c1ccccc1-c1ccc(C=Nc2oc(-c3ccco3)c(-c3ccco3)c2C#N)o1. The average molecular weight is 452 g/mol. The molecule has 0 aliphatic carbocycles. The molecule has 0 bridgehead atoms. The third kappa shape index (κ3) is 3.72. The van der Waals surface area contributed by atoms with Gasteiger partial charge in [-0.05, 0) is 42.5 Å². The summed E-state index contributed by atoms with van der Waals surface area (Å²) in [7, 11) is 1.32. The number of aliphatic imine (C=N–C) groups is 1.